The number of halogens is 1. The SMILES string of the molecule is CC(N)(CC=C(F)CNCC=N)C(=O)O. The first kappa shape index (κ1) is 13.7. The molecule has 0 radical (unpaired) electrons. The largest absolute Gasteiger partial charge is 0.480 e. The Kier molecular flexibility index (Phi) is 5.73. The van der Waals surface area contributed by atoms with Gasteiger partial charge in [0.25, 0.3) is 0 Å². The summed E-state index contributed by atoms with van der Waals surface area (Å²) in [6, 6.07) is 0. The monoisotopic (exact) mass is 217 g/mol. The Balaban J connectivity index is 4.04. The van der Waals surface area contributed by atoms with Crippen LogP contribution < -0.4 is 11.1 Å². The maximum absolute atomic E-state index is 13.0. The highest BCUT2D eigenvalue weighted by atomic mass is 19.1. The van der Waals surface area contributed by atoms with E-state index in [1.807, 2.05) is 0 Å². The standard InChI is InChI=1S/C9H16FN3O2/c1-9(12,8(14)15)3-2-7(10)6-13-5-4-11/h2,4,11,13H,3,5-6,12H2,1H3,(H,14,15). The third-order valence-electron chi connectivity index (χ3n) is 1.78. The van der Waals surface area contributed by atoms with Crippen LogP contribution in [0.4, 0.5) is 4.39 Å². The van der Waals surface area contributed by atoms with Crippen LogP contribution in [0.2, 0.25) is 0 Å². The molecular weight excluding hydrogens is 201 g/mol. The average molecular weight is 217 g/mol. The van der Waals surface area contributed by atoms with Gasteiger partial charge in [0.2, 0.25) is 0 Å². The molecular formula is C9H16FN3O2. The van der Waals surface area contributed by atoms with Gasteiger partial charge in [0.05, 0.1) is 0 Å². The van der Waals surface area contributed by atoms with Gasteiger partial charge < -0.3 is 21.6 Å². The molecule has 0 aromatic heterocycles. The maximum atomic E-state index is 13.0. The van der Waals surface area contributed by atoms with Crippen LogP contribution >= 0.6 is 0 Å². The summed E-state index contributed by atoms with van der Waals surface area (Å²) in [6.45, 7) is 1.58. The Morgan fingerprint density at radius 2 is 2.33 bits per heavy atom. The van der Waals surface area contributed by atoms with Crippen molar-refractivity contribution in [3.63, 3.8) is 0 Å². The first-order valence-corrected chi connectivity index (χ1v) is 4.46. The molecule has 5 N–H and O–H groups in total. The van der Waals surface area contributed by atoms with Gasteiger partial charge in [-0.25, -0.2) is 4.39 Å². The summed E-state index contributed by atoms with van der Waals surface area (Å²) in [5, 5.41) is 17.9. The summed E-state index contributed by atoms with van der Waals surface area (Å²) in [7, 11) is 0. The lowest BCUT2D eigenvalue weighted by molar-refractivity contribution is -0.142. The minimum atomic E-state index is -1.45. The second-order valence-corrected chi connectivity index (χ2v) is 3.41. The van der Waals surface area contributed by atoms with Crippen LogP contribution in [-0.2, 0) is 4.79 Å². The van der Waals surface area contributed by atoms with Crippen molar-refractivity contribution in [1.82, 2.24) is 5.32 Å². The molecule has 15 heavy (non-hydrogen) atoms. The molecule has 1 unspecified atom stereocenters. The molecule has 0 aromatic rings. The van der Waals surface area contributed by atoms with Crippen molar-refractivity contribution in [3.05, 3.63) is 11.9 Å². The van der Waals surface area contributed by atoms with Gasteiger partial charge in [-0.05, 0) is 19.4 Å². The van der Waals surface area contributed by atoms with E-state index in [1.54, 1.807) is 0 Å². The highest BCUT2D eigenvalue weighted by Gasteiger charge is 2.26. The molecule has 0 heterocycles. The van der Waals surface area contributed by atoms with Crippen molar-refractivity contribution < 1.29 is 14.3 Å². The quantitative estimate of drug-likeness (QED) is 0.363. The molecule has 0 aliphatic carbocycles. The normalized spacial score (nSPS) is 15.8. The zero-order chi connectivity index (χ0) is 11.9. The molecule has 0 aliphatic rings. The van der Waals surface area contributed by atoms with Gasteiger partial charge in [0, 0.05) is 19.3 Å². The fraction of sp³-hybridized carbons (Fsp3) is 0.556. The minimum absolute atomic E-state index is 0.0227. The molecule has 0 amide bonds. The Morgan fingerprint density at radius 3 is 2.80 bits per heavy atom. The van der Waals surface area contributed by atoms with E-state index in [1.165, 1.54) is 6.92 Å². The van der Waals surface area contributed by atoms with Crippen molar-refractivity contribution in [2.24, 2.45) is 5.73 Å². The van der Waals surface area contributed by atoms with E-state index in [0.29, 0.717) is 0 Å². The smallest absolute Gasteiger partial charge is 0.323 e. The molecule has 0 fully saturated rings. The molecule has 0 aromatic carbocycles. The van der Waals surface area contributed by atoms with Crippen LogP contribution in [0, 0.1) is 5.41 Å². The van der Waals surface area contributed by atoms with Gasteiger partial charge >= 0.3 is 5.97 Å². The van der Waals surface area contributed by atoms with Crippen LogP contribution in [0.15, 0.2) is 11.9 Å². The molecule has 6 heteroatoms. The second-order valence-electron chi connectivity index (χ2n) is 3.41. The van der Waals surface area contributed by atoms with E-state index in [-0.39, 0.29) is 19.5 Å². The van der Waals surface area contributed by atoms with Gasteiger partial charge in [0.15, 0.2) is 0 Å². The molecule has 1 atom stereocenters. The first-order valence-electron chi connectivity index (χ1n) is 4.46. The Hall–Kier alpha value is -1.27. The summed E-state index contributed by atoms with van der Waals surface area (Å²) in [5.41, 5.74) is 3.95. The summed E-state index contributed by atoms with van der Waals surface area (Å²) in [5.74, 6) is -1.64. The average Bonchev–Trinajstić information content (AvgIpc) is 2.15. The van der Waals surface area contributed by atoms with Crippen LogP contribution in [0.3, 0.4) is 0 Å². The number of hydrogen-bond acceptors (Lipinski definition) is 4. The van der Waals surface area contributed by atoms with Gasteiger partial charge in [-0.3, -0.25) is 4.79 Å². The summed E-state index contributed by atoms with van der Waals surface area (Å²) in [6.07, 6.45) is 2.18. The minimum Gasteiger partial charge on any atom is -0.480 e. The number of carboxylic acids is 1. The zero-order valence-corrected chi connectivity index (χ0v) is 8.59. The Bertz CT molecular complexity index is 264. The van der Waals surface area contributed by atoms with E-state index >= 15 is 0 Å². The Morgan fingerprint density at radius 1 is 1.73 bits per heavy atom. The molecule has 0 bridgehead atoms. The second kappa shape index (κ2) is 6.26. The van der Waals surface area contributed by atoms with Crippen LogP contribution in [0.1, 0.15) is 13.3 Å². The lowest BCUT2D eigenvalue weighted by Gasteiger charge is -2.16. The number of rotatable bonds is 7. The molecule has 5 nitrogen and oxygen atoms in total. The van der Waals surface area contributed by atoms with Gasteiger partial charge in [-0.15, -0.1) is 0 Å². The van der Waals surface area contributed by atoms with Crippen LogP contribution in [-0.4, -0.2) is 35.9 Å². The fourth-order valence-corrected chi connectivity index (χ4v) is 0.746. The lowest BCUT2D eigenvalue weighted by atomic mass is 9.99. The number of hydrogen-bond donors (Lipinski definition) is 4. The van der Waals surface area contributed by atoms with Crippen LogP contribution in [0.25, 0.3) is 0 Å². The Labute approximate surface area is 87.7 Å². The van der Waals surface area contributed by atoms with Gasteiger partial charge in [-0.2, -0.15) is 0 Å². The number of nitrogens with one attached hydrogen (secondary N) is 2. The third-order valence-corrected chi connectivity index (χ3v) is 1.78. The van der Waals surface area contributed by atoms with E-state index < -0.39 is 17.3 Å². The first-order chi connectivity index (χ1) is 6.90. The third kappa shape index (κ3) is 5.92. The number of carboxylic acid groups (broad SMARTS) is 1. The summed E-state index contributed by atoms with van der Waals surface area (Å²) in [4.78, 5) is 10.6. The maximum Gasteiger partial charge on any atom is 0.323 e. The van der Waals surface area contributed by atoms with Crippen molar-refractivity contribution in [2.75, 3.05) is 13.1 Å². The van der Waals surface area contributed by atoms with E-state index in [9.17, 15) is 9.18 Å². The van der Waals surface area contributed by atoms with Crippen molar-refractivity contribution >= 4 is 12.2 Å². The predicted molar refractivity (Wildman–Crippen MR) is 55.7 cm³/mol. The summed E-state index contributed by atoms with van der Waals surface area (Å²) >= 11 is 0. The van der Waals surface area contributed by atoms with Gasteiger partial charge in [-0.1, -0.05) is 0 Å². The lowest BCUT2D eigenvalue weighted by Crippen LogP contribution is -2.44. The number of aliphatic carboxylic acids is 1. The van der Waals surface area contributed by atoms with Crippen LogP contribution in [0.5, 0.6) is 0 Å². The van der Waals surface area contributed by atoms with Gasteiger partial charge in [0.1, 0.15) is 11.4 Å². The predicted octanol–water partition coefficient (Wildman–Crippen LogP) is 0.271. The fourth-order valence-electron chi connectivity index (χ4n) is 0.746. The van der Waals surface area contributed by atoms with Crippen molar-refractivity contribution in [2.45, 2.75) is 18.9 Å². The topological polar surface area (TPSA) is 99.2 Å². The summed E-state index contributed by atoms with van der Waals surface area (Å²) < 4.78 is 13.0. The van der Waals surface area contributed by atoms with E-state index in [2.05, 4.69) is 5.32 Å². The van der Waals surface area contributed by atoms with E-state index in [0.717, 1.165) is 12.3 Å². The zero-order valence-electron chi connectivity index (χ0n) is 8.59. The molecule has 0 spiro atoms. The molecule has 86 valence electrons. The van der Waals surface area contributed by atoms with Crippen molar-refractivity contribution in [3.8, 4) is 0 Å². The number of carbonyl (C=O) groups is 1. The number of nitrogens with two attached hydrogens (primary N) is 1. The highest BCUT2D eigenvalue weighted by molar-refractivity contribution is 5.78. The molecule has 0 aliphatic heterocycles. The van der Waals surface area contributed by atoms with Crippen molar-refractivity contribution in [1.29, 1.82) is 5.41 Å². The molecule has 0 saturated heterocycles. The molecule has 0 rings (SSSR count). The van der Waals surface area contributed by atoms with E-state index in [4.69, 9.17) is 16.2 Å². The highest BCUT2D eigenvalue weighted by Crippen LogP contribution is 2.09. The molecule has 0 saturated carbocycles.